The summed E-state index contributed by atoms with van der Waals surface area (Å²) < 4.78 is 5.29. The summed E-state index contributed by atoms with van der Waals surface area (Å²) in [4.78, 5) is 26.9. The third-order valence-corrected chi connectivity index (χ3v) is 4.09. The van der Waals surface area contributed by atoms with Crippen LogP contribution in [0.25, 0.3) is 0 Å². The van der Waals surface area contributed by atoms with E-state index in [1.807, 2.05) is 0 Å². The van der Waals surface area contributed by atoms with Crippen LogP contribution in [0.1, 0.15) is 19.3 Å². The van der Waals surface area contributed by atoms with E-state index in [0.717, 1.165) is 45.7 Å². The average molecular weight is 299 g/mol. The molecule has 7 nitrogen and oxygen atoms in total. The first-order valence-corrected chi connectivity index (χ1v) is 7.72. The maximum Gasteiger partial charge on any atom is 0.317 e. The number of urea groups is 1. The van der Waals surface area contributed by atoms with Crippen LogP contribution in [0.5, 0.6) is 0 Å². The highest BCUT2D eigenvalue weighted by Crippen LogP contribution is 2.16. The molecule has 21 heavy (non-hydrogen) atoms. The van der Waals surface area contributed by atoms with Gasteiger partial charge < -0.3 is 20.1 Å². The number of carboxylic acids is 1. The van der Waals surface area contributed by atoms with Crippen molar-refractivity contribution in [3.63, 3.8) is 0 Å². The molecule has 0 saturated carbocycles. The minimum Gasteiger partial charge on any atom is -0.481 e. The molecule has 0 spiro atoms. The van der Waals surface area contributed by atoms with Gasteiger partial charge in [0.25, 0.3) is 0 Å². The van der Waals surface area contributed by atoms with E-state index >= 15 is 0 Å². The SMILES string of the molecule is O=C(O)[C@H]1CCCN(C(=O)NCCCN2CCOCC2)C1. The Morgan fingerprint density at radius 2 is 2.00 bits per heavy atom. The average Bonchev–Trinajstić information content (AvgIpc) is 2.52. The topological polar surface area (TPSA) is 82.1 Å². The molecule has 0 radical (unpaired) electrons. The summed E-state index contributed by atoms with van der Waals surface area (Å²) in [7, 11) is 0. The highest BCUT2D eigenvalue weighted by Gasteiger charge is 2.27. The van der Waals surface area contributed by atoms with Crippen LogP contribution in [-0.2, 0) is 9.53 Å². The third kappa shape index (κ3) is 5.17. The molecule has 2 rings (SSSR count). The standard InChI is InChI=1S/C14H25N3O4/c18-13(19)12-3-1-6-17(11-12)14(20)15-4-2-5-16-7-9-21-10-8-16/h12H,1-11H2,(H,15,20)(H,18,19)/t12-/m0/s1. The molecule has 2 fully saturated rings. The Bertz CT molecular complexity index is 358. The molecule has 2 aliphatic heterocycles. The van der Waals surface area contributed by atoms with Crippen molar-refractivity contribution in [2.24, 2.45) is 5.92 Å². The Morgan fingerprint density at radius 1 is 1.24 bits per heavy atom. The van der Waals surface area contributed by atoms with Gasteiger partial charge in [-0.3, -0.25) is 9.69 Å². The molecule has 1 atom stereocenters. The number of carbonyl (C=O) groups is 2. The number of ether oxygens (including phenoxy) is 1. The van der Waals surface area contributed by atoms with Gasteiger partial charge in [0.15, 0.2) is 0 Å². The van der Waals surface area contributed by atoms with E-state index < -0.39 is 11.9 Å². The monoisotopic (exact) mass is 299 g/mol. The predicted molar refractivity (Wildman–Crippen MR) is 77.2 cm³/mol. The van der Waals surface area contributed by atoms with Crippen molar-refractivity contribution in [1.29, 1.82) is 0 Å². The van der Waals surface area contributed by atoms with Gasteiger partial charge in [-0.15, -0.1) is 0 Å². The molecular weight excluding hydrogens is 274 g/mol. The van der Waals surface area contributed by atoms with Crippen LogP contribution in [-0.4, -0.2) is 79.4 Å². The Balaban J connectivity index is 1.61. The van der Waals surface area contributed by atoms with Gasteiger partial charge in [-0.05, 0) is 25.8 Å². The molecule has 0 aromatic carbocycles. The molecule has 2 amide bonds. The van der Waals surface area contributed by atoms with Crippen LogP contribution in [0.4, 0.5) is 4.79 Å². The summed E-state index contributed by atoms with van der Waals surface area (Å²) in [6.07, 6.45) is 2.33. The minimum absolute atomic E-state index is 0.136. The van der Waals surface area contributed by atoms with Gasteiger partial charge in [-0.1, -0.05) is 0 Å². The van der Waals surface area contributed by atoms with Gasteiger partial charge in [-0.25, -0.2) is 4.79 Å². The van der Waals surface area contributed by atoms with Crippen LogP contribution >= 0.6 is 0 Å². The van der Waals surface area contributed by atoms with E-state index in [9.17, 15) is 9.59 Å². The molecule has 0 aliphatic carbocycles. The first-order valence-electron chi connectivity index (χ1n) is 7.72. The van der Waals surface area contributed by atoms with Crippen molar-refractivity contribution in [1.82, 2.24) is 15.1 Å². The number of hydrogen-bond acceptors (Lipinski definition) is 4. The first kappa shape index (κ1) is 16.0. The predicted octanol–water partition coefficient (Wildman–Crippen LogP) is 0.215. The lowest BCUT2D eigenvalue weighted by molar-refractivity contribution is -0.143. The molecule has 0 bridgehead atoms. The molecule has 0 aromatic heterocycles. The highest BCUT2D eigenvalue weighted by molar-refractivity contribution is 5.76. The minimum atomic E-state index is -0.806. The number of carbonyl (C=O) groups excluding carboxylic acids is 1. The van der Waals surface area contributed by atoms with Gasteiger partial charge in [0.2, 0.25) is 0 Å². The molecule has 0 unspecified atom stereocenters. The summed E-state index contributed by atoms with van der Waals surface area (Å²) in [6, 6.07) is -0.136. The molecule has 0 aromatic rings. The highest BCUT2D eigenvalue weighted by atomic mass is 16.5. The van der Waals surface area contributed by atoms with Crippen LogP contribution in [0.3, 0.4) is 0 Å². The second-order valence-corrected chi connectivity index (χ2v) is 5.66. The van der Waals surface area contributed by atoms with Gasteiger partial charge in [0.1, 0.15) is 0 Å². The first-order chi connectivity index (χ1) is 10.2. The molecular formula is C14H25N3O4. The maximum atomic E-state index is 12.0. The zero-order valence-corrected chi connectivity index (χ0v) is 12.4. The summed E-state index contributed by atoms with van der Waals surface area (Å²) >= 11 is 0. The maximum absolute atomic E-state index is 12.0. The summed E-state index contributed by atoms with van der Waals surface area (Å²) in [5.74, 6) is -1.22. The second-order valence-electron chi connectivity index (χ2n) is 5.66. The number of rotatable bonds is 5. The smallest absolute Gasteiger partial charge is 0.317 e. The van der Waals surface area contributed by atoms with E-state index in [2.05, 4.69) is 10.2 Å². The molecule has 2 heterocycles. The number of morpholine rings is 1. The van der Waals surface area contributed by atoms with Crippen molar-refractivity contribution in [2.45, 2.75) is 19.3 Å². The van der Waals surface area contributed by atoms with Crippen molar-refractivity contribution in [2.75, 3.05) is 52.5 Å². The summed E-state index contributed by atoms with van der Waals surface area (Å²) in [5, 5.41) is 11.9. The number of nitrogens with one attached hydrogen (secondary N) is 1. The number of amides is 2. The third-order valence-electron chi connectivity index (χ3n) is 4.09. The largest absolute Gasteiger partial charge is 0.481 e. The Hall–Kier alpha value is -1.34. The zero-order valence-electron chi connectivity index (χ0n) is 12.4. The number of piperidine rings is 1. The number of likely N-dealkylation sites (tertiary alicyclic amines) is 1. The molecule has 2 N–H and O–H groups in total. The normalized spacial score (nSPS) is 23.8. The zero-order chi connectivity index (χ0) is 15.1. The van der Waals surface area contributed by atoms with E-state index in [1.165, 1.54) is 0 Å². The van der Waals surface area contributed by atoms with Crippen LogP contribution in [0, 0.1) is 5.92 Å². The summed E-state index contributed by atoms with van der Waals surface area (Å²) in [5.41, 5.74) is 0. The quantitative estimate of drug-likeness (QED) is 0.710. The Kier molecular flexibility index (Phi) is 6.25. The Morgan fingerprint density at radius 3 is 2.71 bits per heavy atom. The fourth-order valence-electron chi connectivity index (χ4n) is 2.80. The number of hydrogen-bond donors (Lipinski definition) is 2. The lowest BCUT2D eigenvalue weighted by Crippen LogP contribution is -2.47. The molecule has 2 aliphatic rings. The fourth-order valence-corrected chi connectivity index (χ4v) is 2.80. The number of nitrogens with zero attached hydrogens (tertiary/aromatic N) is 2. The molecule has 120 valence electrons. The lowest BCUT2D eigenvalue weighted by Gasteiger charge is -2.31. The molecule has 7 heteroatoms. The number of carboxylic acid groups (broad SMARTS) is 1. The van der Waals surface area contributed by atoms with E-state index in [4.69, 9.17) is 9.84 Å². The van der Waals surface area contributed by atoms with Gasteiger partial charge in [-0.2, -0.15) is 0 Å². The van der Waals surface area contributed by atoms with E-state index in [-0.39, 0.29) is 6.03 Å². The van der Waals surface area contributed by atoms with Crippen molar-refractivity contribution < 1.29 is 19.4 Å². The van der Waals surface area contributed by atoms with Crippen molar-refractivity contribution in [3.8, 4) is 0 Å². The summed E-state index contributed by atoms with van der Waals surface area (Å²) in [6.45, 7) is 6.06. The number of aliphatic carboxylic acids is 1. The van der Waals surface area contributed by atoms with Crippen LogP contribution in [0.15, 0.2) is 0 Å². The van der Waals surface area contributed by atoms with Crippen molar-refractivity contribution >= 4 is 12.0 Å². The van der Waals surface area contributed by atoms with Gasteiger partial charge in [0, 0.05) is 32.7 Å². The van der Waals surface area contributed by atoms with Crippen LogP contribution < -0.4 is 5.32 Å². The van der Waals surface area contributed by atoms with Crippen molar-refractivity contribution in [3.05, 3.63) is 0 Å². The van der Waals surface area contributed by atoms with Gasteiger partial charge >= 0.3 is 12.0 Å². The van der Waals surface area contributed by atoms with Crippen LogP contribution in [0.2, 0.25) is 0 Å². The van der Waals surface area contributed by atoms with Gasteiger partial charge in [0.05, 0.1) is 19.1 Å². The molecule has 2 saturated heterocycles. The second kappa shape index (κ2) is 8.19. The van der Waals surface area contributed by atoms with E-state index in [1.54, 1.807) is 4.90 Å². The fraction of sp³-hybridized carbons (Fsp3) is 0.857. The Labute approximate surface area is 125 Å². The van der Waals surface area contributed by atoms with E-state index in [0.29, 0.717) is 26.1 Å². The lowest BCUT2D eigenvalue weighted by atomic mass is 9.99.